The summed E-state index contributed by atoms with van der Waals surface area (Å²) in [5, 5.41) is 9.99. The fourth-order valence-corrected chi connectivity index (χ4v) is 3.90. The van der Waals surface area contributed by atoms with Crippen LogP contribution in [0.3, 0.4) is 0 Å². The molecule has 1 nitrogen and oxygen atoms in total. The minimum Gasteiger partial charge on any atom is -0.386 e. The number of rotatable bonds is 1. The third kappa shape index (κ3) is 2.07. The van der Waals surface area contributed by atoms with Gasteiger partial charge in [-0.25, -0.2) is 0 Å². The molecule has 0 aliphatic heterocycles. The number of hydrogen-bond donors (Lipinski definition) is 1. The zero-order valence-electron chi connectivity index (χ0n) is 11.2. The van der Waals surface area contributed by atoms with Crippen molar-refractivity contribution in [2.45, 2.75) is 65.4 Å². The first-order valence-corrected chi connectivity index (χ1v) is 6.68. The van der Waals surface area contributed by atoms with Gasteiger partial charge >= 0.3 is 0 Å². The molecule has 1 N–H and O–H groups in total. The monoisotopic (exact) mass is 222 g/mol. The molecule has 0 radical (unpaired) electrons. The first-order valence-electron chi connectivity index (χ1n) is 6.68. The molecule has 0 saturated heterocycles. The lowest BCUT2D eigenvalue weighted by atomic mass is 9.61. The maximum Gasteiger partial charge on any atom is 0.0800 e. The van der Waals surface area contributed by atoms with E-state index < -0.39 is 5.60 Å². The average molecular weight is 222 g/mol. The molecule has 0 aromatic heterocycles. The zero-order chi connectivity index (χ0) is 12.0. The van der Waals surface area contributed by atoms with Crippen LogP contribution in [-0.4, -0.2) is 10.7 Å². The van der Waals surface area contributed by atoms with Crippen molar-refractivity contribution in [2.24, 2.45) is 16.7 Å². The Hall–Kier alpha value is -0.300. The highest BCUT2D eigenvalue weighted by atomic mass is 16.3. The lowest BCUT2D eigenvalue weighted by Crippen LogP contribution is -2.38. The standard InChI is InChI=1S/C15H26O/c1-13(2)7-5-6-12(13)14(3)8-10-15(4,16)11-9-14/h8,10,12,16H,5-7,9,11H2,1-4H3. The minimum atomic E-state index is -0.567. The van der Waals surface area contributed by atoms with E-state index in [2.05, 4.69) is 26.8 Å². The van der Waals surface area contributed by atoms with Gasteiger partial charge in [-0.1, -0.05) is 39.3 Å². The molecule has 0 aromatic carbocycles. The highest BCUT2D eigenvalue weighted by molar-refractivity contribution is 5.14. The Labute approximate surface area is 99.9 Å². The lowest BCUT2D eigenvalue weighted by molar-refractivity contribution is 0.0433. The van der Waals surface area contributed by atoms with Gasteiger partial charge in [-0.15, -0.1) is 0 Å². The van der Waals surface area contributed by atoms with Crippen LogP contribution in [0.15, 0.2) is 12.2 Å². The second-order valence-corrected chi connectivity index (χ2v) is 7.13. The van der Waals surface area contributed by atoms with Crippen LogP contribution in [0.5, 0.6) is 0 Å². The van der Waals surface area contributed by atoms with Crippen LogP contribution in [-0.2, 0) is 0 Å². The molecule has 2 aliphatic rings. The molecular formula is C15H26O. The highest BCUT2D eigenvalue weighted by Crippen LogP contribution is 2.55. The first kappa shape index (κ1) is 12.2. The van der Waals surface area contributed by atoms with Crippen LogP contribution < -0.4 is 0 Å². The van der Waals surface area contributed by atoms with Crippen molar-refractivity contribution in [1.82, 2.24) is 0 Å². The number of aliphatic hydroxyl groups is 1. The Morgan fingerprint density at radius 1 is 1.00 bits per heavy atom. The average Bonchev–Trinajstić information content (AvgIpc) is 2.52. The molecule has 0 heterocycles. The predicted octanol–water partition coefficient (Wildman–Crippen LogP) is 3.92. The smallest absolute Gasteiger partial charge is 0.0800 e. The Bertz CT molecular complexity index is 301. The van der Waals surface area contributed by atoms with Crippen LogP contribution in [0, 0.1) is 16.7 Å². The summed E-state index contributed by atoms with van der Waals surface area (Å²) < 4.78 is 0. The topological polar surface area (TPSA) is 20.2 Å². The summed E-state index contributed by atoms with van der Waals surface area (Å²) in [5.74, 6) is 0.785. The fraction of sp³-hybridized carbons (Fsp3) is 0.867. The third-order valence-electron chi connectivity index (χ3n) is 5.05. The zero-order valence-corrected chi connectivity index (χ0v) is 11.2. The van der Waals surface area contributed by atoms with E-state index in [1.54, 1.807) is 0 Å². The van der Waals surface area contributed by atoms with E-state index in [9.17, 15) is 5.11 Å². The van der Waals surface area contributed by atoms with Crippen molar-refractivity contribution in [3.63, 3.8) is 0 Å². The highest BCUT2D eigenvalue weighted by Gasteiger charge is 2.46. The summed E-state index contributed by atoms with van der Waals surface area (Å²) in [6.45, 7) is 9.13. The molecule has 0 bridgehead atoms. The third-order valence-corrected chi connectivity index (χ3v) is 5.05. The van der Waals surface area contributed by atoms with Crippen LogP contribution >= 0.6 is 0 Å². The molecule has 3 unspecified atom stereocenters. The van der Waals surface area contributed by atoms with Gasteiger partial charge in [-0.3, -0.25) is 0 Å². The molecule has 2 aliphatic carbocycles. The van der Waals surface area contributed by atoms with Gasteiger partial charge in [0, 0.05) is 0 Å². The molecule has 16 heavy (non-hydrogen) atoms. The van der Waals surface area contributed by atoms with Gasteiger partial charge in [-0.05, 0) is 49.4 Å². The van der Waals surface area contributed by atoms with Crippen molar-refractivity contribution in [1.29, 1.82) is 0 Å². The van der Waals surface area contributed by atoms with Gasteiger partial charge in [0.25, 0.3) is 0 Å². The van der Waals surface area contributed by atoms with Gasteiger partial charge in [-0.2, -0.15) is 0 Å². The lowest BCUT2D eigenvalue weighted by Gasteiger charge is -2.45. The Kier molecular flexibility index (Phi) is 2.73. The van der Waals surface area contributed by atoms with Gasteiger partial charge in [0.05, 0.1) is 5.60 Å². The quantitative estimate of drug-likeness (QED) is 0.667. The number of allylic oxidation sites excluding steroid dienone is 1. The van der Waals surface area contributed by atoms with Gasteiger partial charge in [0.1, 0.15) is 0 Å². The summed E-state index contributed by atoms with van der Waals surface area (Å²) in [6, 6.07) is 0. The van der Waals surface area contributed by atoms with E-state index >= 15 is 0 Å². The van der Waals surface area contributed by atoms with Crippen molar-refractivity contribution in [2.75, 3.05) is 0 Å². The van der Waals surface area contributed by atoms with Crippen molar-refractivity contribution in [3.8, 4) is 0 Å². The fourth-order valence-electron chi connectivity index (χ4n) is 3.90. The van der Waals surface area contributed by atoms with E-state index in [4.69, 9.17) is 0 Å². The molecule has 1 heteroatoms. The molecule has 0 amide bonds. The minimum absolute atomic E-state index is 0.308. The normalized spacial score (nSPS) is 47.2. The largest absolute Gasteiger partial charge is 0.386 e. The van der Waals surface area contributed by atoms with Crippen LogP contribution in [0.2, 0.25) is 0 Å². The van der Waals surface area contributed by atoms with E-state index in [0.29, 0.717) is 10.8 Å². The second kappa shape index (κ2) is 3.60. The summed E-state index contributed by atoms with van der Waals surface area (Å²) in [6.07, 6.45) is 10.5. The maximum atomic E-state index is 9.99. The SMILES string of the molecule is CC1(O)C=CC(C)(C2CCCC2(C)C)CC1. The number of hydrogen-bond acceptors (Lipinski definition) is 1. The molecule has 2 rings (SSSR count). The molecule has 1 saturated carbocycles. The van der Waals surface area contributed by atoms with Crippen molar-refractivity contribution >= 4 is 0 Å². The van der Waals surface area contributed by atoms with E-state index in [1.807, 2.05) is 13.0 Å². The van der Waals surface area contributed by atoms with Crippen LogP contribution in [0.4, 0.5) is 0 Å². The Morgan fingerprint density at radius 2 is 1.69 bits per heavy atom. The predicted molar refractivity (Wildman–Crippen MR) is 68.2 cm³/mol. The molecule has 1 fully saturated rings. The van der Waals surface area contributed by atoms with Gasteiger partial charge < -0.3 is 5.11 Å². The summed E-state index contributed by atoms with van der Waals surface area (Å²) in [5.41, 5.74) is 0.215. The summed E-state index contributed by atoms with van der Waals surface area (Å²) in [7, 11) is 0. The second-order valence-electron chi connectivity index (χ2n) is 7.13. The van der Waals surface area contributed by atoms with Crippen LogP contribution in [0.25, 0.3) is 0 Å². The van der Waals surface area contributed by atoms with E-state index in [-0.39, 0.29) is 0 Å². The van der Waals surface area contributed by atoms with Gasteiger partial charge in [0.2, 0.25) is 0 Å². The molecule has 0 aromatic rings. The van der Waals surface area contributed by atoms with Crippen LogP contribution in [0.1, 0.15) is 59.8 Å². The Balaban J connectivity index is 2.21. The molecular weight excluding hydrogens is 196 g/mol. The summed E-state index contributed by atoms with van der Waals surface area (Å²) in [4.78, 5) is 0. The molecule has 3 atom stereocenters. The Morgan fingerprint density at radius 3 is 2.12 bits per heavy atom. The summed E-state index contributed by atoms with van der Waals surface area (Å²) >= 11 is 0. The van der Waals surface area contributed by atoms with E-state index in [0.717, 1.165) is 18.8 Å². The first-order chi connectivity index (χ1) is 7.25. The van der Waals surface area contributed by atoms with E-state index in [1.165, 1.54) is 19.3 Å². The molecule has 92 valence electrons. The molecule has 0 spiro atoms. The van der Waals surface area contributed by atoms with Crippen molar-refractivity contribution < 1.29 is 5.11 Å². The maximum absolute atomic E-state index is 9.99. The van der Waals surface area contributed by atoms with Gasteiger partial charge in [0.15, 0.2) is 0 Å². The van der Waals surface area contributed by atoms with Crippen molar-refractivity contribution in [3.05, 3.63) is 12.2 Å².